The summed E-state index contributed by atoms with van der Waals surface area (Å²) in [5, 5.41) is 3.17. The van der Waals surface area contributed by atoms with Gasteiger partial charge in [-0.2, -0.15) is 0 Å². The van der Waals surface area contributed by atoms with E-state index in [0.717, 1.165) is 18.9 Å². The number of hydrogen-bond donors (Lipinski definition) is 2. The maximum absolute atomic E-state index is 5.48. The Balaban J connectivity index is 2.12. The predicted molar refractivity (Wildman–Crippen MR) is 63.6 cm³/mol. The van der Waals surface area contributed by atoms with Gasteiger partial charge < -0.3 is 11.1 Å². The number of unbranched alkanes of at least 4 members (excludes halogenated alkanes) is 1. The molecule has 0 unspecified atom stereocenters. The van der Waals surface area contributed by atoms with E-state index in [0.29, 0.717) is 11.6 Å². The average molecular weight is 208 g/mol. The van der Waals surface area contributed by atoms with Crippen LogP contribution in [0.3, 0.4) is 0 Å². The second kappa shape index (κ2) is 6.22. The molecule has 15 heavy (non-hydrogen) atoms. The Bertz CT molecular complexity index is 268. The van der Waals surface area contributed by atoms with Crippen LogP contribution in [0.5, 0.6) is 0 Å². The van der Waals surface area contributed by atoms with Crippen LogP contribution in [0.25, 0.3) is 0 Å². The van der Waals surface area contributed by atoms with Crippen LogP contribution in [0.4, 0.5) is 11.6 Å². The largest absolute Gasteiger partial charge is 0.396 e. The fraction of sp³-hybridized carbons (Fsp3) is 0.636. The van der Waals surface area contributed by atoms with Gasteiger partial charge >= 0.3 is 0 Å². The van der Waals surface area contributed by atoms with Gasteiger partial charge in [-0.05, 0) is 12.3 Å². The van der Waals surface area contributed by atoms with Crippen molar-refractivity contribution >= 4 is 11.6 Å². The fourth-order valence-electron chi connectivity index (χ4n) is 1.31. The molecule has 0 bridgehead atoms. The molecule has 0 aliphatic heterocycles. The summed E-state index contributed by atoms with van der Waals surface area (Å²) in [7, 11) is 0. The third-order valence-electron chi connectivity index (χ3n) is 2.16. The van der Waals surface area contributed by atoms with Crippen LogP contribution in [0.2, 0.25) is 0 Å². The average Bonchev–Trinajstić information content (AvgIpc) is 2.20. The Kier molecular flexibility index (Phi) is 4.87. The summed E-state index contributed by atoms with van der Waals surface area (Å²) in [6.45, 7) is 5.42. The second-order valence-corrected chi connectivity index (χ2v) is 4.16. The lowest BCUT2D eigenvalue weighted by Gasteiger charge is -2.06. The maximum Gasteiger partial charge on any atom is 0.222 e. The van der Waals surface area contributed by atoms with E-state index in [1.54, 1.807) is 12.4 Å². The van der Waals surface area contributed by atoms with E-state index < -0.39 is 0 Å². The molecule has 3 N–H and O–H groups in total. The van der Waals surface area contributed by atoms with Crippen molar-refractivity contribution in [1.82, 2.24) is 9.97 Å². The lowest BCUT2D eigenvalue weighted by Crippen LogP contribution is -2.05. The van der Waals surface area contributed by atoms with Crippen LogP contribution in [0, 0.1) is 5.92 Å². The van der Waals surface area contributed by atoms with E-state index in [1.807, 2.05) is 0 Å². The van der Waals surface area contributed by atoms with Crippen molar-refractivity contribution in [3.63, 3.8) is 0 Å². The highest BCUT2D eigenvalue weighted by Crippen LogP contribution is 2.06. The first-order valence-electron chi connectivity index (χ1n) is 5.50. The van der Waals surface area contributed by atoms with Crippen LogP contribution in [-0.2, 0) is 0 Å². The number of nitrogens with zero attached hydrogens (tertiary/aromatic N) is 2. The number of nitrogens with two attached hydrogens (primary N) is 1. The van der Waals surface area contributed by atoms with Gasteiger partial charge in [0.15, 0.2) is 0 Å². The molecule has 0 amide bonds. The zero-order valence-corrected chi connectivity index (χ0v) is 9.53. The van der Waals surface area contributed by atoms with Crippen molar-refractivity contribution in [1.29, 1.82) is 0 Å². The first-order chi connectivity index (χ1) is 7.18. The normalized spacial score (nSPS) is 10.6. The van der Waals surface area contributed by atoms with Crippen molar-refractivity contribution in [2.24, 2.45) is 5.92 Å². The van der Waals surface area contributed by atoms with Gasteiger partial charge in [-0.1, -0.05) is 26.7 Å². The van der Waals surface area contributed by atoms with E-state index in [-0.39, 0.29) is 0 Å². The molecule has 4 heteroatoms. The van der Waals surface area contributed by atoms with E-state index in [9.17, 15) is 0 Å². The van der Waals surface area contributed by atoms with Crippen molar-refractivity contribution in [3.8, 4) is 0 Å². The van der Waals surface area contributed by atoms with Gasteiger partial charge in [-0.3, -0.25) is 0 Å². The van der Waals surface area contributed by atoms with Crippen LogP contribution >= 0.6 is 0 Å². The van der Waals surface area contributed by atoms with Gasteiger partial charge in [0.1, 0.15) is 0 Å². The predicted octanol–water partition coefficient (Wildman–Crippen LogP) is 2.30. The SMILES string of the molecule is CC(C)CCCCNc1ncc(N)cn1. The molecule has 0 atom stereocenters. The Morgan fingerprint density at radius 3 is 2.53 bits per heavy atom. The molecular weight excluding hydrogens is 188 g/mol. The summed E-state index contributed by atoms with van der Waals surface area (Å²) in [5.41, 5.74) is 6.08. The minimum absolute atomic E-state index is 0.598. The van der Waals surface area contributed by atoms with Crippen LogP contribution in [0.15, 0.2) is 12.4 Å². The van der Waals surface area contributed by atoms with Crippen LogP contribution in [-0.4, -0.2) is 16.5 Å². The Morgan fingerprint density at radius 2 is 1.93 bits per heavy atom. The third-order valence-corrected chi connectivity index (χ3v) is 2.16. The fourth-order valence-corrected chi connectivity index (χ4v) is 1.31. The van der Waals surface area contributed by atoms with Gasteiger partial charge in [-0.15, -0.1) is 0 Å². The lowest BCUT2D eigenvalue weighted by atomic mass is 10.1. The zero-order chi connectivity index (χ0) is 11.1. The first-order valence-corrected chi connectivity index (χ1v) is 5.50. The maximum atomic E-state index is 5.48. The van der Waals surface area contributed by atoms with Crippen LogP contribution < -0.4 is 11.1 Å². The smallest absolute Gasteiger partial charge is 0.222 e. The Morgan fingerprint density at radius 1 is 1.27 bits per heavy atom. The molecule has 0 aliphatic rings. The molecule has 0 aromatic carbocycles. The molecule has 0 radical (unpaired) electrons. The number of aromatic nitrogens is 2. The number of nitrogen functional groups attached to an aromatic ring is 1. The first kappa shape index (κ1) is 11.8. The highest BCUT2D eigenvalue weighted by molar-refractivity contribution is 5.35. The number of nitrogens with one attached hydrogen (secondary N) is 1. The minimum Gasteiger partial charge on any atom is -0.396 e. The molecule has 84 valence electrons. The zero-order valence-electron chi connectivity index (χ0n) is 9.53. The van der Waals surface area contributed by atoms with Gasteiger partial charge in [0.05, 0.1) is 18.1 Å². The molecule has 4 nitrogen and oxygen atoms in total. The standard InChI is InChI=1S/C11H20N4/c1-9(2)5-3-4-6-13-11-14-7-10(12)8-15-11/h7-9H,3-6,12H2,1-2H3,(H,13,14,15). The topological polar surface area (TPSA) is 63.8 Å². The van der Waals surface area contributed by atoms with E-state index >= 15 is 0 Å². The monoisotopic (exact) mass is 208 g/mol. The number of rotatable bonds is 6. The molecule has 0 spiro atoms. The van der Waals surface area contributed by atoms with Gasteiger partial charge in [-0.25, -0.2) is 9.97 Å². The Hall–Kier alpha value is -1.32. The number of hydrogen-bond acceptors (Lipinski definition) is 4. The summed E-state index contributed by atoms with van der Waals surface area (Å²) >= 11 is 0. The molecule has 0 saturated carbocycles. The van der Waals surface area contributed by atoms with Gasteiger partial charge in [0.25, 0.3) is 0 Å². The van der Waals surface area contributed by atoms with Gasteiger partial charge in [0, 0.05) is 6.54 Å². The van der Waals surface area contributed by atoms with Crippen molar-refractivity contribution in [2.45, 2.75) is 33.1 Å². The summed E-state index contributed by atoms with van der Waals surface area (Å²) in [6.07, 6.45) is 6.92. The van der Waals surface area contributed by atoms with E-state index in [1.165, 1.54) is 12.8 Å². The molecular formula is C11H20N4. The molecule has 0 saturated heterocycles. The van der Waals surface area contributed by atoms with E-state index in [2.05, 4.69) is 29.1 Å². The molecule has 0 fully saturated rings. The second-order valence-electron chi connectivity index (χ2n) is 4.16. The van der Waals surface area contributed by atoms with Crippen molar-refractivity contribution in [3.05, 3.63) is 12.4 Å². The summed E-state index contributed by atoms with van der Waals surface area (Å²) in [4.78, 5) is 8.13. The highest BCUT2D eigenvalue weighted by atomic mass is 15.1. The van der Waals surface area contributed by atoms with Gasteiger partial charge in [0.2, 0.25) is 5.95 Å². The molecule has 0 aliphatic carbocycles. The summed E-state index contributed by atoms with van der Waals surface area (Å²) in [6, 6.07) is 0. The summed E-state index contributed by atoms with van der Waals surface area (Å²) in [5.74, 6) is 1.45. The summed E-state index contributed by atoms with van der Waals surface area (Å²) < 4.78 is 0. The minimum atomic E-state index is 0.598. The number of anilines is 2. The molecule has 1 aromatic rings. The van der Waals surface area contributed by atoms with Crippen molar-refractivity contribution < 1.29 is 0 Å². The molecule has 1 aromatic heterocycles. The molecule has 1 rings (SSSR count). The Labute approximate surface area is 91.3 Å². The quantitative estimate of drug-likeness (QED) is 0.704. The van der Waals surface area contributed by atoms with Crippen molar-refractivity contribution in [2.75, 3.05) is 17.6 Å². The van der Waals surface area contributed by atoms with Crippen LogP contribution in [0.1, 0.15) is 33.1 Å². The molecule has 1 heterocycles. The van der Waals surface area contributed by atoms with E-state index in [4.69, 9.17) is 5.73 Å². The highest BCUT2D eigenvalue weighted by Gasteiger charge is 1.96. The third kappa shape index (κ3) is 5.20. The lowest BCUT2D eigenvalue weighted by molar-refractivity contribution is 0.544.